The minimum atomic E-state index is -1.36. The van der Waals surface area contributed by atoms with Crippen LogP contribution in [-0.2, 0) is 9.47 Å². The molecule has 4 N–H and O–H groups in total. The molecule has 1 rings (SSSR count). The zero-order valence-corrected chi connectivity index (χ0v) is 7.20. The Balaban J connectivity index is 2.66. The second kappa shape index (κ2) is 4.32. The van der Waals surface area contributed by atoms with Crippen molar-refractivity contribution in [1.29, 1.82) is 0 Å². The summed E-state index contributed by atoms with van der Waals surface area (Å²) in [5.74, 6) is 0. The number of hydrogen-bond donors (Lipinski definition) is 4. The normalized spacial score (nSPS) is 46.4. The lowest BCUT2D eigenvalue weighted by Gasteiger charge is -2.38. The standard InChI is InChI=1S/C7H14O6/c1-12-7-6(11)5(10)4(9)3(2-8)13-7/h3-11H,2H2,1H3/t3?,4-,5?,6+,7+/m0/s1. The first kappa shape index (κ1) is 10.8. The van der Waals surface area contributed by atoms with Crippen molar-refractivity contribution in [3.8, 4) is 0 Å². The fourth-order valence-electron chi connectivity index (χ4n) is 1.26. The molecule has 0 saturated carbocycles. The van der Waals surface area contributed by atoms with Gasteiger partial charge in [-0.1, -0.05) is 0 Å². The second-order valence-electron chi connectivity index (χ2n) is 2.93. The molecule has 0 aromatic rings. The molecule has 6 nitrogen and oxygen atoms in total. The average Bonchev–Trinajstić information content (AvgIpc) is 2.15. The number of aliphatic hydroxyl groups excluding tert-OH is 4. The Morgan fingerprint density at radius 1 is 1.15 bits per heavy atom. The highest BCUT2D eigenvalue weighted by Crippen LogP contribution is 2.20. The fraction of sp³-hybridized carbons (Fsp3) is 1.00. The van der Waals surface area contributed by atoms with Gasteiger partial charge < -0.3 is 29.9 Å². The first-order chi connectivity index (χ1) is 6.11. The summed E-state index contributed by atoms with van der Waals surface area (Å²) in [6.45, 7) is -0.440. The van der Waals surface area contributed by atoms with E-state index in [0.29, 0.717) is 0 Å². The Morgan fingerprint density at radius 2 is 1.77 bits per heavy atom. The molecule has 78 valence electrons. The summed E-state index contributed by atoms with van der Waals surface area (Å²) in [4.78, 5) is 0. The number of ether oxygens (including phenoxy) is 2. The molecule has 5 atom stereocenters. The predicted molar refractivity (Wildman–Crippen MR) is 40.8 cm³/mol. The summed E-state index contributed by atoms with van der Waals surface area (Å²) in [5, 5.41) is 36.6. The van der Waals surface area contributed by atoms with E-state index in [1.807, 2.05) is 0 Å². The molecular weight excluding hydrogens is 180 g/mol. The molecule has 1 aliphatic rings. The molecule has 13 heavy (non-hydrogen) atoms. The SMILES string of the molecule is CO[C@@H]1OC(CO)[C@H](O)C(O)[C@H]1O. The molecule has 1 fully saturated rings. The van der Waals surface area contributed by atoms with Crippen molar-refractivity contribution in [1.82, 2.24) is 0 Å². The van der Waals surface area contributed by atoms with Crippen LogP contribution in [0.25, 0.3) is 0 Å². The van der Waals surface area contributed by atoms with E-state index in [1.54, 1.807) is 0 Å². The monoisotopic (exact) mass is 194 g/mol. The van der Waals surface area contributed by atoms with Crippen LogP contribution in [0, 0.1) is 0 Å². The highest BCUT2D eigenvalue weighted by atomic mass is 16.7. The summed E-state index contributed by atoms with van der Waals surface area (Å²) in [6.07, 6.45) is -5.91. The first-order valence-electron chi connectivity index (χ1n) is 3.95. The Morgan fingerprint density at radius 3 is 2.23 bits per heavy atom. The van der Waals surface area contributed by atoms with Crippen molar-refractivity contribution in [3.63, 3.8) is 0 Å². The lowest BCUT2D eigenvalue weighted by atomic mass is 9.99. The molecule has 0 amide bonds. The van der Waals surface area contributed by atoms with E-state index in [2.05, 4.69) is 0 Å². The van der Waals surface area contributed by atoms with Crippen LogP contribution in [0.4, 0.5) is 0 Å². The molecule has 0 aliphatic carbocycles. The van der Waals surface area contributed by atoms with Crippen molar-refractivity contribution < 1.29 is 29.9 Å². The second-order valence-corrected chi connectivity index (χ2v) is 2.93. The molecule has 1 aliphatic heterocycles. The molecule has 0 spiro atoms. The molecule has 1 saturated heterocycles. The molecule has 0 bridgehead atoms. The van der Waals surface area contributed by atoms with Crippen LogP contribution in [0.15, 0.2) is 0 Å². The van der Waals surface area contributed by atoms with E-state index in [-0.39, 0.29) is 0 Å². The van der Waals surface area contributed by atoms with Crippen LogP contribution in [-0.4, -0.2) is 64.8 Å². The van der Waals surface area contributed by atoms with Gasteiger partial charge in [-0.15, -0.1) is 0 Å². The molecule has 2 unspecified atom stereocenters. The van der Waals surface area contributed by atoms with E-state index < -0.39 is 37.3 Å². The molecule has 0 radical (unpaired) electrons. The maximum atomic E-state index is 9.28. The smallest absolute Gasteiger partial charge is 0.186 e. The Hall–Kier alpha value is -0.240. The number of rotatable bonds is 2. The fourth-order valence-corrected chi connectivity index (χ4v) is 1.26. The minimum Gasteiger partial charge on any atom is -0.394 e. The highest BCUT2D eigenvalue weighted by molar-refractivity contribution is 4.88. The van der Waals surface area contributed by atoms with Gasteiger partial charge in [0.15, 0.2) is 6.29 Å². The topological polar surface area (TPSA) is 99.4 Å². The highest BCUT2D eigenvalue weighted by Gasteiger charge is 2.43. The molecule has 0 aromatic heterocycles. The molecule has 1 heterocycles. The summed E-state index contributed by atoms with van der Waals surface area (Å²) >= 11 is 0. The summed E-state index contributed by atoms with van der Waals surface area (Å²) in [5.41, 5.74) is 0. The summed E-state index contributed by atoms with van der Waals surface area (Å²) in [7, 11) is 1.30. The van der Waals surface area contributed by atoms with Crippen LogP contribution in [0.5, 0.6) is 0 Å². The van der Waals surface area contributed by atoms with E-state index in [1.165, 1.54) is 7.11 Å². The van der Waals surface area contributed by atoms with Gasteiger partial charge >= 0.3 is 0 Å². The van der Waals surface area contributed by atoms with Crippen LogP contribution in [0.3, 0.4) is 0 Å². The van der Waals surface area contributed by atoms with E-state index in [9.17, 15) is 15.3 Å². The van der Waals surface area contributed by atoms with Crippen molar-refractivity contribution in [2.45, 2.75) is 30.7 Å². The van der Waals surface area contributed by atoms with Crippen LogP contribution >= 0.6 is 0 Å². The zero-order chi connectivity index (χ0) is 10.0. The Labute approximate surface area is 75.3 Å². The van der Waals surface area contributed by atoms with E-state index in [0.717, 1.165) is 0 Å². The molecule has 6 heteroatoms. The van der Waals surface area contributed by atoms with Crippen molar-refractivity contribution in [2.75, 3.05) is 13.7 Å². The van der Waals surface area contributed by atoms with E-state index >= 15 is 0 Å². The van der Waals surface area contributed by atoms with Crippen LogP contribution < -0.4 is 0 Å². The van der Waals surface area contributed by atoms with Crippen LogP contribution in [0.2, 0.25) is 0 Å². The predicted octanol–water partition coefficient (Wildman–Crippen LogP) is -2.57. The van der Waals surface area contributed by atoms with Gasteiger partial charge in [0.25, 0.3) is 0 Å². The lowest BCUT2D eigenvalue weighted by Crippen LogP contribution is -2.58. The summed E-state index contributed by atoms with van der Waals surface area (Å²) < 4.78 is 9.65. The number of hydrogen-bond acceptors (Lipinski definition) is 6. The average molecular weight is 194 g/mol. The van der Waals surface area contributed by atoms with Gasteiger partial charge in [0.1, 0.15) is 24.4 Å². The third-order valence-corrected chi connectivity index (χ3v) is 2.08. The van der Waals surface area contributed by atoms with Gasteiger partial charge in [-0.05, 0) is 0 Å². The van der Waals surface area contributed by atoms with Gasteiger partial charge in [0.2, 0.25) is 0 Å². The Kier molecular flexibility index (Phi) is 3.60. The van der Waals surface area contributed by atoms with Crippen molar-refractivity contribution in [2.24, 2.45) is 0 Å². The van der Waals surface area contributed by atoms with Gasteiger partial charge in [0.05, 0.1) is 6.61 Å². The maximum Gasteiger partial charge on any atom is 0.186 e. The van der Waals surface area contributed by atoms with Crippen molar-refractivity contribution >= 4 is 0 Å². The van der Waals surface area contributed by atoms with Crippen molar-refractivity contribution in [3.05, 3.63) is 0 Å². The summed E-state index contributed by atoms with van der Waals surface area (Å²) in [6, 6.07) is 0. The largest absolute Gasteiger partial charge is 0.394 e. The first-order valence-corrected chi connectivity index (χ1v) is 3.95. The number of methoxy groups -OCH3 is 1. The minimum absolute atomic E-state index is 0.440. The third-order valence-electron chi connectivity index (χ3n) is 2.08. The molecular formula is C7H14O6. The lowest BCUT2D eigenvalue weighted by molar-refractivity contribution is -0.294. The quantitative estimate of drug-likeness (QED) is 0.386. The molecule has 0 aromatic carbocycles. The van der Waals surface area contributed by atoms with E-state index in [4.69, 9.17) is 14.6 Å². The Bertz CT molecular complexity index is 143. The van der Waals surface area contributed by atoms with Gasteiger partial charge in [-0.3, -0.25) is 0 Å². The maximum absolute atomic E-state index is 9.28. The van der Waals surface area contributed by atoms with Gasteiger partial charge in [-0.2, -0.15) is 0 Å². The number of aliphatic hydroxyl groups is 4. The van der Waals surface area contributed by atoms with Gasteiger partial charge in [-0.25, -0.2) is 0 Å². The van der Waals surface area contributed by atoms with Gasteiger partial charge in [0, 0.05) is 7.11 Å². The third kappa shape index (κ3) is 1.98. The zero-order valence-electron chi connectivity index (χ0n) is 7.20. The van der Waals surface area contributed by atoms with Crippen LogP contribution in [0.1, 0.15) is 0 Å².